The summed E-state index contributed by atoms with van der Waals surface area (Å²) >= 11 is 0. The van der Waals surface area contributed by atoms with E-state index in [2.05, 4.69) is 100 Å². The van der Waals surface area contributed by atoms with Crippen LogP contribution in [-0.2, 0) is 18.9 Å². The number of benzene rings is 3. The Hall–Kier alpha value is -2.50. The zero-order chi connectivity index (χ0) is 36.4. The molecule has 0 aliphatic carbocycles. The molecule has 6 atom stereocenters. The van der Waals surface area contributed by atoms with Crippen molar-refractivity contribution in [1.29, 1.82) is 0 Å². The van der Waals surface area contributed by atoms with Gasteiger partial charge in [0.2, 0.25) is 0 Å². The Morgan fingerprint density at radius 1 is 0.404 bits per heavy atom. The van der Waals surface area contributed by atoms with E-state index < -0.39 is 0 Å². The molecule has 52 heavy (non-hydrogen) atoms. The second-order valence-corrected chi connectivity index (χ2v) is 15.9. The smallest absolute Gasteiger partial charge is 0.184 e. The van der Waals surface area contributed by atoms with Gasteiger partial charge >= 0.3 is 0 Å². The summed E-state index contributed by atoms with van der Waals surface area (Å²) in [5, 5.41) is 0. The van der Waals surface area contributed by atoms with Gasteiger partial charge in [-0.15, -0.1) is 0 Å². The fourth-order valence-corrected chi connectivity index (χ4v) is 7.97. The van der Waals surface area contributed by atoms with Crippen molar-refractivity contribution in [3.05, 3.63) is 83.9 Å². The lowest BCUT2D eigenvalue weighted by molar-refractivity contribution is -0.237. The maximum Gasteiger partial charge on any atom is 0.184 e. The Morgan fingerprint density at radius 2 is 0.692 bits per heavy atom. The predicted octanol–water partition coefficient (Wildman–Crippen LogP) is 14.2. The molecule has 2 heterocycles. The van der Waals surface area contributed by atoms with Crippen molar-refractivity contribution in [2.24, 2.45) is 11.8 Å². The summed E-state index contributed by atoms with van der Waals surface area (Å²) in [5.74, 6) is 0.981. The van der Waals surface area contributed by atoms with Gasteiger partial charge in [-0.25, -0.2) is 0 Å². The van der Waals surface area contributed by atoms with Gasteiger partial charge in [0.05, 0.1) is 25.4 Å². The normalized spacial score (nSPS) is 23.5. The van der Waals surface area contributed by atoms with Crippen LogP contribution in [0.4, 0.5) is 0 Å². The highest BCUT2D eigenvalue weighted by Crippen LogP contribution is 2.35. The average Bonchev–Trinajstić information content (AvgIpc) is 3.18. The van der Waals surface area contributed by atoms with Crippen molar-refractivity contribution in [1.82, 2.24) is 0 Å². The molecule has 0 aromatic heterocycles. The van der Waals surface area contributed by atoms with Crippen LogP contribution in [-0.4, -0.2) is 25.4 Å². The third-order valence-electron chi connectivity index (χ3n) is 11.7. The summed E-state index contributed by atoms with van der Waals surface area (Å²) < 4.78 is 25.2. The highest BCUT2D eigenvalue weighted by Gasteiger charge is 2.30. The molecule has 4 heteroatoms. The summed E-state index contributed by atoms with van der Waals surface area (Å²) in [5.41, 5.74) is 6.99. The van der Waals surface area contributed by atoms with E-state index in [0.717, 1.165) is 24.3 Å². The quantitative estimate of drug-likeness (QED) is 0.0973. The zero-order valence-corrected chi connectivity index (χ0v) is 33.2. The molecule has 0 saturated carbocycles. The predicted molar refractivity (Wildman–Crippen MR) is 217 cm³/mol. The molecule has 2 aliphatic rings. The summed E-state index contributed by atoms with van der Waals surface area (Å²) in [6.45, 7) is 10.6. The van der Waals surface area contributed by atoms with Crippen LogP contribution < -0.4 is 0 Å². The van der Waals surface area contributed by atoms with Crippen LogP contribution in [0.5, 0.6) is 0 Å². The third kappa shape index (κ3) is 12.8. The van der Waals surface area contributed by atoms with E-state index >= 15 is 0 Å². The topological polar surface area (TPSA) is 36.9 Å². The van der Waals surface area contributed by atoms with Crippen LogP contribution in [0.2, 0.25) is 0 Å². The van der Waals surface area contributed by atoms with E-state index in [4.69, 9.17) is 18.9 Å². The van der Waals surface area contributed by atoms with Crippen molar-refractivity contribution in [3.8, 4) is 22.3 Å². The van der Waals surface area contributed by atoms with E-state index in [9.17, 15) is 0 Å². The first-order chi connectivity index (χ1) is 25.6. The Labute approximate surface area is 317 Å². The van der Waals surface area contributed by atoms with Gasteiger partial charge in [-0.3, -0.25) is 0 Å². The molecule has 2 saturated heterocycles. The number of ether oxygens (including phenoxy) is 4. The van der Waals surface area contributed by atoms with Crippen LogP contribution in [0.25, 0.3) is 22.3 Å². The van der Waals surface area contributed by atoms with E-state index in [1.54, 1.807) is 0 Å². The van der Waals surface area contributed by atoms with Crippen LogP contribution >= 0.6 is 0 Å². The molecule has 3 aromatic carbocycles. The highest BCUT2D eigenvalue weighted by molar-refractivity contribution is 5.70. The number of rotatable bonds is 22. The first-order valence-corrected chi connectivity index (χ1v) is 21.4. The van der Waals surface area contributed by atoms with Crippen molar-refractivity contribution in [2.75, 3.05) is 13.2 Å². The van der Waals surface area contributed by atoms with Gasteiger partial charge in [-0.1, -0.05) is 189 Å². The second-order valence-electron chi connectivity index (χ2n) is 15.9. The van der Waals surface area contributed by atoms with Gasteiger partial charge in [-0.05, 0) is 48.9 Å². The maximum atomic E-state index is 6.37. The lowest BCUT2D eigenvalue weighted by Gasteiger charge is -2.35. The first kappa shape index (κ1) is 40.7. The third-order valence-corrected chi connectivity index (χ3v) is 11.7. The van der Waals surface area contributed by atoms with Crippen molar-refractivity contribution >= 4 is 0 Å². The lowest BCUT2D eigenvalue weighted by atomic mass is 9.95. The van der Waals surface area contributed by atoms with Gasteiger partial charge in [0, 0.05) is 23.0 Å². The number of hydrogen-bond acceptors (Lipinski definition) is 4. The van der Waals surface area contributed by atoms with Crippen LogP contribution in [0, 0.1) is 11.8 Å². The average molecular weight is 711 g/mol. The van der Waals surface area contributed by atoms with Crippen LogP contribution in [0.1, 0.15) is 167 Å². The fourth-order valence-electron chi connectivity index (χ4n) is 7.97. The minimum Gasteiger partial charge on any atom is -0.348 e. The van der Waals surface area contributed by atoms with Gasteiger partial charge < -0.3 is 18.9 Å². The molecule has 0 N–H and O–H groups in total. The minimum absolute atomic E-state index is 0.220. The largest absolute Gasteiger partial charge is 0.348 e. The Balaban J connectivity index is 1.02. The van der Waals surface area contributed by atoms with Crippen molar-refractivity contribution in [2.45, 2.75) is 168 Å². The molecular formula is C48H70O4. The molecule has 0 bridgehead atoms. The van der Waals surface area contributed by atoms with Crippen LogP contribution in [0.15, 0.2) is 72.8 Å². The molecule has 4 nitrogen and oxygen atoms in total. The summed E-state index contributed by atoms with van der Waals surface area (Å²) in [6.07, 6.45) is 24.0. The molecule has 5 rings (SSSR count). The van der Waals surface area contributed by atoms with Gasteiger partial charge in [0.1, 0.15) is 0 Å². The zero-order valence-electron chi connectivity index (χ0n) is 33.2. The lowest BCUT2D eigenvalue weighted by Crippen LogP contribution is -2.34. The molecular weight excluding hydrogens is 641 g/mol. The molecule has 0 radical (unpaired) electrons. The van der Waals surface area contributed by atoms with Crippen LogP contribution in [0.3, 0.4) is 0 Å². The Bertz CT molecular complexity index is 1260. The van der Waals surface area contributed by atoms with Gasteiger partial charge in [0.15, 0.2) is 12.6 Å². The first-order valence-electron chi connectivity index (χ1n) is 21.4. The molecule has 0 spiro atoms. The molecule has 2 fully saturated rings. The van der Waals surface area contributed by atoms with E-state index in [0.29, 0.717) is 11.8 Å². The highest BCUT2D eigenvalue weighted by atomic mass is 16.7. The van der Waals surface area contributed by atoms with Crippen molar-refractivity contribution in [3.63, 3.8) is 0 Å². The molecule has 0 amide bonds. The van der Waals surface area contributed by atoms with E-state index in [1.165, 1.54) is 138 Å². The van der Waals surface area contributed by atoms with E-state index in [1.807, 2.05) is 0 Å². The van der Waals surface area contributed by atoms with Crippen molar-refractivity contribution < 1.29 is 18.9 Å². The summed E-state index contributed by atoms with van der Waals surface area (Å²) in [4.78, 5) is 0. The van der Waals surface area contributed by atoms with Gasteiger partial charge in [0.25, 0.3) is 0 Å². The standard InChI is InChI=1S/C48H70O4/c1-5-7-9-11-13-15-17-19-21-45-35-49-47(51-37(45)3)43-31-27-41(28-32-43)39-23-25-40(26-24-39)42-29-33-44(34-30-42)48-50-36-46(38(4)52-48)22-20-18-16-14-12-10-8-6-2/h23-34,37-38,45-48H,5-22,35-36H2,1-4H3/t37?,38?,45-,46-,47-,48-/m1/s1. The maximum absolute atomic E-state index is 6.37. The van der Waals surface area contributed by atoms with E-state index in [-0.39, 0.29) is 24.8 Å². The summed E-state index contributed by atoms with van der Waals surface area (Å²) in [7, 11) is 0. The molecule has 286 valence electrons. The molecule has 2 unspecified atom stereocenters. The summed E-state index contributed by atoms with van der Waals surface area (Å²) in [6, 6.07) is 26.2. The molecule has 2 aliphatic heterocycles. The van der Waals surface area contributed by atoms with Gasteiger partial charge in [-0.2, -0.15) is 0 Å². The monoisotopic (exact) mass is 711 g/mol. The fraction of sp³-hybridized carbons (Fsp3) is 0.625. The molecule has 3 aromatic rings. The Kier molecular flexibility index (Phi) is 17.7. The SMILES string of the molecule is CCCCCCCCCC[C@@H]1CO[C@@H](c2ccc(-c3ccc(-c4ccc([C@@H]5OC[C@@H](CCCCCCCCCC)C(C)O5)cc4)cc3)cc2)OC1C. The number of hydrogen-bond donors (Lipinski definition) is 0. The Morgan fingerprint density at radius 3 is 1.00 bits per heavy atom. The number of unbranched alkanes of at least 4 members (excludes halogenated alkanes) is 14. The second kappa shape index (κ2) is 22.7. The minimum atomic E-state index is -0.280.